The molecule has 0 aliphatic rings. The Balaban J connectivity index is 0.00000182. The summed E-state index contributed by atoms with van der Waals surface area (Å²) in [5, 5.41) is 0. The summed E-state index contributed by atoms with van der Waals surface area (Å²) in [4.78, 5) is 17.9. The molecule has 0 spiro atoms. The van der Waals surface area contributed by atoms with E-state index in [1.807, 2.05) is 54.6 Å². The summed E-state index contributed by atoms with van der Waals surface area (Å²) in [5.41, 5.74) is 4.74. The molecule has 0 aliphatic carbocycles. The second-order valence-corrected chi connectivity index (χ2v) is 5.46. The maximum atomic E-state index is 4.74. The van der Waals surface area contributed by atoms with Crippen LogP contribution in [0.4, 0.5) is 0 Å². The van der Waals surface area contributed by atoms with E-state index in [-0.39, 0.29) is 17.1 Å². The first-order valence-electron chi connectivity index (χ1n) is 7.80. The maximum absolute atomic E-state index is 4.74. The van der Waals surface area contributed by atoms with Crippen LogP contribution in [-0.2, 0) is 23.5 Å². The number of pyridine rings is 2. The minimum absolute atomic E-state index is 0. The molecule has 0 fully saturated rings. The molecule has 1 aromatic carbocycles. The Kier molecular flexibility index (Phi) is 5.39. The molecule has 0 unspecified atom stereocenters. The van der Waals surface area contributed by atoms with Crippen molar-refractivity contribution in [2.45, 2.75) is 6.42 Å². The van der Waals surface area contributed by atoms with Gasteiger partial charge >= 0.3 is 17.1 Å². The van der Waals surface area contributed by atoms with Crippen molar-refractivity contribution in [3.63, 3.8) is 0 Å². The summed E-state index contributed by atoms with van der Waals surface area (Å²) < 4.78 is 0. The van der Waals surface area contributed by atoms with Gasteiger partial charge in [-0.15, -0.1) is 0 Å². The predicted octanol–water partition coefficient (Wildman–Crippen LogP) is 3.75. The van der Waals surface area contributed by atoms with Gasteiger partial charge in [0.25, 0.3) is 0 Å². The van der Waals surface area contributed by atoms with Crippen LogP contribution < -0.4 is 4.98 Å². The minimum Gasteiger partial charge on any atom is -0.441 e. The van der Waals surface area contributed by atoms with E-state index in [1.54, 1.807) is 12.4 Å². The molecule has 0 saturated heterocycles. The average Bonchev–Trinajstić information content (AvgIpc) is 3.12. The first-order chi connectivity index (χ1) is 11.9. The van der Waals surface area contributed by atoms with E-state index in [0.717, 1.165) is 28.3 Å². The van der Waals surface area contributed by atoms with Crippen molar-refractivity contribution in [2.24, 2.45) is 0 Å². The van der Waals surface area contributed by atoms with Crippen LogP contribution in [0.2, 0.25) is 0 Å². The van der Waals surface area contributed by atoms with E-state index >= 15 is 0 Å². The fourth-order valence-corrected chi connectivity index (χ4v) is 2.57. The van der Waals surface area contributed by atoms with E-state index in [2.05, 4.69) is 27.1 Å². The van der Waals surface area contributed by atoms with Gasteiger partial charge in [0, 0.05) is 23.9 Å². The second kappa shape index (κ2) is 7.88. The predicted molar refractivity (Wildman–Crippen MR) is 93.3 cm³/mol. The van der Waals surface area contributed by atoms with Gasteiger partial charge in [-0.25, -0.2) is 0 Å². The summed E-state index contributed by atoms with van der Waals surface area (Å²) in [7, 11) is 0. The maximum Gasteiger partial charge on any atom is 1.00 e. The molecule has 3 aromatic heterocycles. The Hall–Kier alpha value is -2.75. The number of hydrogen-bond donors (Lipinski definition) is 0. The molecule has 0 bridgehead atoms. The summed E-state index contributed by atoms with van der Waals surface area (Å²) in [6.07, 6.45) is 4.19. The smallest absolute Gasteiger partial charge is 0.441 e. The van der Waals surface area contributed by atoms with E-state index in [0.29, 0.717) is 12.2 Å². The average molecular weight is 375 g/mol. The topological polar surface area (TPSA) is 52.8 Å². The van der Waals surface area contributed by atoms with Gasteiger partial charge in [0.1, 0.15) is 0 Å². The molecule has 4 nitrogen and oxygen atoms in total. The van der Waals surface area contributed by atoms with Gasteiger partial charge in [-0.05, 0) is 30.1 Å². The zero-order valence-electron chi connectivity index (χ0n) is 13.3. The number of hydrogen-bond acceptors (Lipinski definition) is 3. The zero-order chi connectivity index (χ0) is 16.2. The Morgan fingerprint density at radius 2 is 1.56 bits per heavy atom. The van der Waals surface area contributed by atoms with Crippen LogP contribution in [0.1, 0.15) is 11.4 Å². The Labute approximate surface area is 156 Å². The number of imidazole rings is 1. The summed E-state index contributed by atoms with van der Waals surface area (Å²) in [6.45, 7) is 0. The molecule has 0 saturated carbocycles. The third kappa shape index (κ3) is 4.02. The number of nitrogens with zero attached hydrogens (tertiary/aromatic N) is 4. The number of aromatic nitrogens is 4. The Morgan fingerprint density at radius 3 is 2.36 bits per heavy atom. The molecule has 0 N–H and O–H groups in total. The van der Waals surface area contributed by atoms with Gasteiger partial charge in [0.2, 0.25) is 0 Å². The summed E-state index contributed by atoms with van der Waals surface area (Å²) >= 11 is 0. The molecule has 4 aromatic rings. The van der Waals surface area contributed by atoms with Crippen LogP contribution in [0.25, 0.3) is 22.8 Å². The van der Waals surface area contributed by atoms with E-state index in [9.17, 15) is 0 Å². The molecule has 5 heteroatoms. The zero-order valence-corrected chi connectivity index (χ0v) is 14.2. The van der Waals surface area contributed by atoms with Crippen LogP contribution in [-0.4, -0.2) is 15.0 Å². The van der Waals surface area contributed by atoms with Crippen molar-refractivity contribution in [1.29, 1.82) is 0 Å². The standard InChI is InChI=1S/C20H15N4.Cu/c1-2-7-15(8-3-1)18-11-6-9-16(23-18)13-17-14-22-20(24-17)19-10-4-5-12-21-19;/h1-12,14H,13H2;/q-1;+1. The van der Waals surface area contributed by atoms with Crippen molar-refractivity contribution < 1.29 is 17.1 Å². The van der Waals surface area contributed by atoms with Gasteiger partial charge in [-0.1, -0.05) is 54.4 Å². The fraction of sp³-hybridized carbons (Fsp3) is 0.0500. The summed E-state index contributed by atoms with van der Waals surface area (Å²) in [5.74, 6) is 0.657. The molecule has 126 valence electrons. The molecular formula is C20H15CuN4. The van der Waals surface area contributed by atoms with Gasteiger partial charge in [0.05, 0.1) is 11.4 Å². The Morgan fingerprint density at radius 1 is 0.760 bits per heavy atom. The van der Waals surface area contributed by atoms with E-state index in [1.165, 1.54) is 0 Å². The molecule has 0 radical (unpaired) electrons. The van der Waals surface area contributed by atoms with E-state index in [4.69, 9.17) is 4.98 Å². The van der Waals surface area contributed by atoms with Crippen LogP contribution in [0.15, 0.2) is 79.1 Å². The fourth-order valence-electron chi connectivity index (χ4n) is 2.57. The van der Waals surface area contributed by atoms with Crippen LogP contribution >= 0.6 is 0 Å². The van der Waals surface area contributed by atoms with Crippen molar-refractivity contribution in [3.05, 3.63) is 90.5 Å². The molecule has 0 atom stereocenters. The Bertz CT molecular complexity index is 936. The quantitative estimate of drug-likeness (QED) is 0.510. The molecule has 3 heterocycles. The largest absolute Gasteiger partial charge is 1.00 e. The van der Waals surface area contributed by atoms with Crippen molar-refractivity contribution in [3.8, 4) is 22.8 Å². The normalized spacial score (nSPS) is 10.2. The monoisotopic (exact) mass is 374 g/mol. The molecule has 0 amide bonds. The third-order valence-corrected chi connectivity index (χ3v) is 3.72. The molecule has 25 heavy (non-hydrogen) atoms. The minimum atomic E-state index is 0. The van der Waals surface area contributed by atoms with Crippen molar-refractivity contribution >= 4 is 0 Å². The first-order valence-corrected chi connectivity index (χ1v) is 7.80. The molecular weight excluding hydrogens is 360 g/mol. The van der Waals surface area contributed by atoms with Gasteiger partial charge in [-0.3, -0.25) is 9.97 Å². The summed E-state index contributed by atoms with van der Waals surface area (Å²) in [6, 6.07) is 22.0. The molecule has 0 aliphatic heterocycles. The third-order valence-electron chi connectivity index (χ3n) is 3.72. The van der Waals surface area contributed by atoms with Gasteiger partial charge in [-0.2, -0.15) is 0 Å². The first kappa shape index (κ1) is 17.1. The van der Waals surface area contributed by atoms with Gasteiger partial charge in [0.15, 0.2) is 0 Å². The number of benzene rings is 1. The van der Waals surface area contributed by atoms with E-state index < -0.39 is 0 Å². The van der Waals surface area contributed by atoms with Crippen molar-refractivity contribution in [1.82, 2.24) is 19.9 Å². The van der Waals surface area contributed by atoms with Crippen LogP contribution in [0.3, 0.4) is 0 Å². The van der Waals surface area contributed by atoms with Gasteiger partial charge < -0.3 is 9.97 Å². The SMILES string of the molecule is [Cu+].c1ccc(-c2cccc(Cc3cnc(-c4ccccn4)[n-]3)n2)cc1. The second-order valence-electron chi connectivity index (χ2n) is 5.46. The number of rotatable bonds is 4. The van der Waals surface area contributed by atoms with Crippen LogP contribution in [0.5, 0.6) is 0 Å². The van der Waals surface area contributed by atoms with Crippen LogP contribution in [0, 0.1) is 0 Å². The van der Waals surface area contributed by atoms with Crippen molar-refractivity contribution in [2.75, 3.05) is 0 Å². The molecule has 4 rings (SSSR count).